The Bertz CT molecular complexity index is 985. The van der Waals surface area contributed by atoms with Gasteiger partial charge in [-0.2, -0.15) is 0 Å². The molecule has 1 aliphatic heterocycles. The zero-order valence-electron chi connectivity index (χ0n) is 15.7. The third kappa shape index (κ3) is 4.37. The SMILES string of the molecule is Cc1cccc(Nc2ncnc3ccc(NC(=O)NC4CCOCC4)cc23)c1. The number of ether oxygens (including phenoxy) is 1. The summed E-state index contributed by atoms with van der Waals surface area (Å²) in [5.41, 5.74) is 3.62. The number of benzene rings is 2. The molecule has 3 aromatic rings. The predicted octanol–water partition coefficient (Wildman–Crippen LogP) is 3.98. The summed E-state index contributed by atoms with van der Waals surface area (Å²) in [7, 11) is 0. The molecule has 2 amide bonds. The van der Waals surface area contributed by atoms with E-state index in [0.29, 0.717) is 24.7 Å². The van der Waals surface area contributed by atoms with Gasteiger partial charge < -0.3 is 20.7 Å². The molecule has 0 radical (unpaired) electrons. The minimum absolute atomic E-state index is 0.149. The molecule has 4 rings (SSSR count). The van der Waals surface area contributed by atoms with Crippen LogP contribution < -0.4 is 16.0 Å². The van der Waals surface area contributed by atoms with Gasteiger partial charge in [-0.25, -0.2) is 14.8 Å². The molecule has 0 bridgehead atoms. The molecule has 2 heterocycles. The van der Waals surface area contributed by atoms with E-state index in [9.17, 15) is 4.79 Å². The number of anilines is 3. The van der Waals surface area contributed by atoms with Crippen molar-refractivity contribution in [2.75, 3.05) is 23.8 Å². The molecular weight excluding hydrogens is 354 g/mol. The average molecular weight is 377 g/mol. The van der Waals surface area contributed by atoms with E-state index in [4.69, 9.17) is 4.74 Å². The van der Waals surface area contributed by atoms with Crippen molar-refractivity contribution in [2.24, 2.45) is 0 Å². The van der Waals surface area contributed by atoms with Crippen LogP contribution in [-0.2, 0) is 4.74 Å². The summed E-state index contributed by atoms with van der Waals surface area (Å²) in [6.45, 7) is 3.42. The summed E-state index contributed by atoms with van der Waals surface area (Å²) in [5.74, 6) is 0.698. The normalized spacial score (nSPS) is 14.6. The number of nitrogens with one attached hydrogen (secondary N) is 3. The second kappa shape index (κ2) is 8.22. The summed E-state index contributed by atoms with van der Waals surface area (Å²) >= 11 is 0. The molecule has 7 heteroatoms. The Kier molecular flexibility index (Phi) is 5.34. The number of aryl methyl sites for hydroxylation is 1. The van der Waals surface area contributed by atoms with Crippen molar-refractivity contribution in [3.8, 4) is 0 Å². The van der Waals surface area contributed by atoms with E-state index in [2.05, 4.69) is 32.0 Å². The number of nitrogens with zero attached hydrogens (tertiary/aromatic N) is 2. The third-order valence-corrected chi connectivity index (χ3v) is 4.73. The van der Waals surface area contributed by atoms with Crippen molar-refractivity contribution >= 4 is 34.1 Å². The van der Waals surface area contributed by atoms with Crippen LogP contribution in [0, 0.1) is 6.92 Å². The van der Waals surface area contributed by atoms with Gasteiger partial charge >= 0.3 is 6.03 Å². The highest BCUT2D eigenvalue weighted by atomic mass is 16.5. The molecule has 144 valence electrons. The van der Waals surface area contributed by atoms with E-state index < -0.39 is 0 Å². The van der Waals surface area contributed by atoms with Gasteiger partial charge in [-0.3, -0.25) is 0 Å². The van der Waals surface area contributed by atoms with Crippen LogP contribution in [0.2, 0.25) is 0 Å². The summed E-state index contributed by atoms with van der Waals surface area (Å²) in [6.07, 6.45) is 3.21. The number of rotatable bonds is 4. The highest BCUT2D eigenvalue weighted by Gasteiger charge is 2.16. The summed E-state index contributed by atoms with van der Waals surface area (Å²) < 4.78 is 5.32. The zero-order chi connectivity index (χ0) is 19.3. The van der Waals surface area contributed by atoms with Crippen LogP contribution in [0.15, 0.2) is 48.8 Å². The molecule has 3 N–H and O–H groups in total. The lowest BCUT2D eigenvalue weighted by molar-refractivity contribution is 0.0806. The Hall–Kier alpha value is -3.19. The number of carbonyl (C=O) groups excluding carboxylic acids is 1. The predicted molar refractivity (Wildman–Crippen MR) is 110 cm³/mol. The van der Waals surface area contributed by atoms with E-state index in [1.165, 1.54) is 6.33 Å². The molecule has 1 saturated heterocycles. The van der Waals surface area contributed by atoms with Gasteiger partial charge in [-0.1, -0.05) is 12.1 Å². The molecular formula is C21H23N5O2. The molecule has 0 unspecified atom stereocenters. The molecule has 0 saturated carbocycles. The van der Waals surface area contributed by atoms with Gasteiger partial charge in [0.2, 0.25) is 0 Å². The molecule has 0 spiro atoms. The second-order valence-corrected chi connectivity index (χ2v) is 6.93. The van der Waals surface area contributed by atoms with Gasteiger partial charge in [0.25, 0.3) is 0 Å². The monoisotopic (exact) mass is 377 g/mol. The van der Waals surface area contributed by atoms with E-state index in [1.807, 2.05) is 43.3 Å². The smallest absolute Gasteiger partial charge is 0.319 e. The van der Waals surface area contributed by atoms with E-state index >= 15 is 0 Å². The summed E-state index contributed by atoms with van der Waals surface area (Å²) in [6, 6.07) is 13.6. The number of hydrogen-bond acceptors (Lipinski definition) is 5. The number of hydrogen-bond donors (Lipinski definition) is 3. The number of urea groups is 1. The Morgan fingerprint density at radius 3 is 2.75 bits per heavy atom. The summed E-state index contributed by atoms with van der Waals surface area (Å²) in [4.78, 5) is 21.0. The number of amides is 2. The molecule has 0 atom stereocenters. The first-order valence-corrected chi connectivity index (χ1v) is 9.41. The van der Waals surface area contributed by atoms with Crippen LogP contribution in [-0.4, -0.2) is 35.3 Å². The standard InChI is InChI=1S/C21H23N5O2/c1-14-3-2-4-16(11-14)24-20-18-12-17(5-6-19(18)22-13-23-20)26-21(27)25-15-7-9-28-10-8-15/h2-6,11-13,15H,7-10H2,1H3,(H,22,23,24)(H2,25,26,27). The molecule has 2 aromatic carbocycles. The maximum atomic E-state index is 12.3. The lowest BCUT2D eigenvalue weighted by atomic mass is 10.1. The minimum atomic E-state index is -0.212. The molecule has 7 nitrogen and oxygen atoms in total. The van der Waals surface area contributed by atoms with E-state index in [0.717, 1.165) is 35.0 Å². The highest BCUT2D eigenvalue weighted by molar-refractivity contribution is 5.96. The fourth-order valence-corrected chi connectivity index (χ4v) is 3.29. The lowest BCUT2D eigenvalue weighted by Crippen LogP contribution is -2.41. The van der Waals surface area contributed by atoms with Crippen LogP contribution in [0.4, 0.5) is 22.0 Å². The Labute approximate surface area is 163 Å². The van der Waals surface area contributed by atoms with Crippen molar-refractivity contribution in [1.29, 1.82) is 0 Å². The second-order valence-electron chi connectivity index (χ2n) is 6.93. The van der Waals surface area contributed by atoms with Crippen molar-refractivity contribution < 1.29 is 9.53 Å². The van der Waals surface area contributed by atoms with Crippen molar-refractivity contribution in [2.45, 2.75) is 25.8 Å². The van der Waals surface area contributed by atoms with Gasteiger partial charge in [0.1, 0.15) is 12.1 Å². The number of fused-ring (bicyclic) bond motifs is 1. The van der Waals surface area contributed by atoms with Gasteiger partial charge in [0.15, 0.2) is 0 Å². The lowest BCUT2D eigenvalue weighted by Gasteiger charge is -2.23. The summed E-state index contributed by atoms with van der Waals surface area (Å²) in [5, 5.41) is 10.1. The van der Waals surface area contributed by atoms with Crippen LogP contribution in [0.1, 0.15) is 18.4 Å². The van der Waals surface area contributed by atoms with Gasteiger partial charge in [0, 0.05) is 36.0 Å². The topological polar surface area (TPSA) is 88.2 Å². The molecule has 1 aliphatic rings. The van der Waals surface area contributed by atoms with Crippen LogP contribution in [0.5, 0.6) is 0 Å². The van der Waals surface area contributed by atoms with E-state index in [1.54, 1.807) is 0 Å². The van der Waals surface area contributed by atoms with Crippen molar-refractivity contribution in [1.82, 2.24) is 15.3 Å². The van der Waals surface area contributed by atoms with Gasteiger partial charge in [-0.05, 0) is 55.7 Å². The Morgan fingerprint density at radius 1 is 1.07 bits per heavy atom. The minimum Gasteiger partial charge on any atom is -0.381 e. The highest BCUT2D eigenvalue weighted by Crippen LogP contribution is 2.26. The number of carbonyl (C=O) groups is 1. The van der Waals surface area contributed by atoms with Crippen molar-refractivity contribution in [3.05, 3.63) is 54.4 Å². The Morgan fingerprint density at radius 2 is 1.93 bits per heavy atom. The van der Waals surface area contributed by atoms with Crippen LogP contribution in [0.25, 0.3) is 10.9 Å². The fourth-order valence-electron chi connectivity index (χ4n) is 3.29. The molecule has 1 aromatic heterocycles. The van der Waals surface area contributed by atoms with Crippen LogP contribution >= 0.6 is 0 Å². The first-order valence-electron chi connectivity index (χ1n) is 9.41. The first kappa shape index (κ1) is 18.2. The molecule has 1 fully saturated rings. The fraction of sp³-hybridized carbons (Fsp3) is 0.286. The Balaban J connectivity index is 1.53. The van der Waals surface area contributed by atoms with Gasteiger partial charge in [-0.15, -0.1) is 0 Å². The van der Waals surface area contributed by atoms with Crippen LogP contribution in [0.3, 0.4) is 0 Å². The largest absolute Gasteiger partial charge is 0.381 e. The maximum absolute atomic E-state index is 12.3. The maximum Gasteiger partial charge on any atom is 0.319 e. The molecule has 28 heavy (non-hydrogen) atoms. The number of aromatic nitrogens is 2. The quantitative estimate of drug-likeness (QED) is 0.640. The third-order valence-electron chi connectivity index (χ3n) is 4.73. The van der Waals surface area contributed by atoms with Crippen molar-refractivity contribution in [3.63, 3.8) is 0 Å². The molecule has 0 aliphatic carbocycles. The van der Waals surface area contributed by atoms with Gasteiger partial charge in [0.05, 0.1) is 5.52 Å². The van der Waals surface area contributed by atoms with E-state index in [-0.39, 0.29) is 12.1 Å². The first-order chi connectivity index (χ1) is 13.7. The zero-order valence-corrected chi connectivity index (χ0v) is 15.7. The average Bonchev–Trinajstić information content (AvgIpc) is 2.69.